The summed E-state index contributed by atoms with van der Waals surface area (Å²) >= 11 is 1.61. The van der Waals surface area contributed by atoms with E-state index in [1.54, 1.807) is 41.8 Å². The molecule has 2 aliphatic heterocycles. The zero-order chi connectivity index (χ0) is 55.0. The van der Waals surface area contributed by atoms with E-state index in [4.69, 9.17) is 15.0 Å². The molecule has 5 fully saturated rings. The molecule has 5 N–H and O–H groups in total. The van der Waals surface area contributed by atoms with Crippen molar-refractivity contribution < 1.29 is 29.1 Å². The van der Waals surface area contributed by atoms with Gasteiger partial charge >= 0.3 is 0 Å². The number of morpholine rings is 1. The first-order valence-corrected chi connectivity index (χ1v) is 29.6. The normalized spacial score (nSPS) is 24.8. The summed E-state index contributed by atoms with van der Waals surface area (Å²) in [6.07, 6.45) is 13.0. The molecule has 16 nitrogen and oxygen atoms in total. The van der Waals surface area contributed by atoms with Crippen molar-refractivity contribution in [2.24, 2.45) is 29.1 Å². The van der Waals surface area contributed by atoms with Crippen LogP contribution in [0.15, 0.2) is 83.1 Å². The van der Waals surface area contributed by atoms with Gasteiger partial charge in [0.1, 0.15) is 17.3 Å². The van der Waals surface area contributed by atoms with Gasteiger partial charge in [-0.2, -0.15) is 5.10 Å². The molecule has 6 heterocycles. The molecular weight excluding hydrogens is 1010 g/mol. The van der Waals surface area contributed by atoms with Crippen molar-refractivity contribution in [3.05, 3.63) is 112 Å². The highest BCUT2D eigenvalue weighted by molar-refractivity contribution is 7.13. The number of para-hydroxylation sites is 1. The number of anilines is 1. The van der Waals surface area contributed by atoms with Crippen molar-refractivity contribution >= 4 is 28.8 Å². The molecule has 1 unspecified atom stereocenters. The number of thiazole rings is 1. The second-order valence-electron chi connectivity index (χ2n) is 24.0. The molecule has 7 atom stereocenters. The number of rotatable bonds is 15. The first-order chi connectivity index (χ1) is 38.2. The number of piperidine rings is 1. The van der Waals surface area contributed by atoms with Crippen LogP contribution < -0.4 is 11.1 Å². The zero-order valence-electron chi connectivity index (χ0n) is 46.3. The Labute approximate surface area is 467 Å². The topological polar surface area (TPSA) is 211 Å². The number of aliphatic hydroxyl groups is 1. The maximum Gasteiger partial charge on any atom is 0.224 e. The Balaban J connectivity index is 0.617. The lowest BCUT2D eigenvalue weighted by molar-refractivity contribution is -0.134. The summed E-state index contributed by atoms with van der Waals surface area (Å²) in [5.41, 5.74) is 14.8. The molecule has 2 saturated heterocycles. The molecule has 79 heavy (non-hydrogen) atoms. The van der Waals surface area contributed by atoms with Gasteiger partial charge in [-0.3, -0.25) is 19.2 Å². The summed E-state index contributed by atoms with van der Waals surface area (Å²) in [5, 5.41) is 41.9. The Hall–Kier alpha value is -6.29. The quantitative estimate of drug-likeness (QED) is 0.0706. The van der Waals surface area contributed by atoms with Gasteiger partial charge in [-0.15, -0.1) is 21.5 Å². The lowest BCUT2D eigenvalue weighted by Gasteiger charge is -2.56. The van der Waals surface area contributed by atoms with Crippen LogP contribution in [0.25, 0.3) is 21.7 Å². The monoisotopic (exact) mass is 1090 g/mol. The number of phenolic OH excluding ortho intramolecular Hbond substituents is 1. The number of carbonyl (C=O) groups excluding carboxylic acids is 2. The summed E-state index contributed by atoms with van der Waals surface area (Å²) in [4.78, 5) is 39.3. The van der Waals surface area contributed by atoms with Gasteiger partial charge < -0.3 is 35.4 Å². The lowest BCUT2D eigenvalue weighted by atomic mass is 9.60. The van der Waals surface area contributed by atoms with Crippen molar-refractivity contribution in [3.8, 4) is 39.3 Å². The van der Waals surface area contributed by atoms with Crippen molar-refractivity contribution in [2.45, 2.75) is 141 Å². The van der Waals surface area contributed by atoms with Crippen molar-refractivity contribution in [1.82, 2.24) is 45.2 Å². The minimum absolute atomic E-state index is 0.0219. The van der Waals surface area contributed by atoms with E-state index >= 15 is 0 Å². The smallest absolute Gasteiger partial charge is 0.224 e. The van der Waals surface area contributed by atoms with Crippen molar-refractivity contribution in [2.75, 3.05) is 45.1 Å². The Morgan fingerprint density at radius 1 is 0.949 bits per heavy atom. The summed E-state index contributed by atoms with van der Waals surface area (Å²) in [6, 6.07) is 19.3. The third-order valence-corrected chi connectivity index (χ3v) is 19.4. The number of benzene rings is 2. The van der Waals surface area contributed by atoms with Crippen LogP contribution in [0.5, 0.6) is 5.75 Å². The number of carbonyl (C=O) groups is 2. The predicted molar refractivity (Wildman–Crippen MR) is 304 cm³/mol. The van der Waals surface area contributed by atoms with Crippen LogP contribution in [0.1, 0.15) is 150 Å². The number of hydrogen-bond donors (Lipinski definition) is 4. The average molecular weight is 1090 g/mol. The zero-order valence-corrected chi connectivity index (χ0v) is 47.1. The second-order valence-corrected chi connectivity index (χ2v) is 24.8. The number of nitrogen functional groups attached to an aromatic ring is 1. The van der Waals surface area contributed by atoms with E-state index in [9.17, 15) is 19.8 Å². The van der Waals surface area contributed by atoms with Gasteiger partial charge in [0.15, 0.2) is 5.82 Å². The molecule has 0 radical (unpaired) electrons. The number of aliphatic hydroxyl groups excluding tert-OH is 1. The number of ether oxygens (including phenoxy) is 1. The Morgan fingerprint density at radius 3 is 2.44 bits per heavy atom. The molecule has 0 bridgehead atoms. The van der Waals surface area contributed by atoms with Crippen molar-refractivity contribution in [3.63, 3.8) is 0 Å². The SMILES string of the molecule is Cc1ncsc1-c1ccc([C@H](C)NC(=O)[C@@H]2C[C@@H](O)CC2C(=O)[C@@H](c2cc(C3CCC(CN4CCC5(CC4)CC(N4CCO[C@H]([C@H](C)n6cc(C#Cc7cc(-c8ccccc8O)nnc7N)cn6)C4)C5)CC3)no2)C(C)C)cc1. The minimum atomic E-state index is -0.718. The molecule has 4 aromatic heterocycles. The number of nitrogens with one attached hydrogen (secondary N) is 1. The number of amides is 1. The molecule has 1 amide bonds. The highest BCUT2D eigenvalue weighted by Crippen LogP contribution is 2.52. The Bertz CT molecular complexity index is 3150. The molecule has 17 heteroatoms. The molecule has 2 aromatic carbocycles. The molecule has 5 aliphatic rings. The van der Waals surface area contributed by atoms with Gasteiger partial charge in [-0.25, -0.2) is 4.98 Å². The van der Waals surface area contributed by atoms with E-state index in [1.807, 2.05) is 68.3 Å². The van der Waals surface area contributed by atoms with Gasteiger partial charge in [0.2, 0.25) is 5.91 Å². The van der Waals surface area contributed by atoms with Crippen LogP contribution in [0, 0.1) is 47.9 Å². The third-order valence-electron chi connectivity index (χ3n) is 18.4. The summed E-state index contributed by atoms with van der Waals surface area (Å²) in [7, 11) is 0. The standard InChI is InChI=1S/C62H76N10O6S/c1-37(2)57(58(75)50-27-48(73)28-51(50)61(76)66-38(3)43-16-18-45(19-17-43)59-39(4)64-36-79-59)55-29-52(69-78-55)44-13-10-41(11-14-44)33-70-22-20-62(21-23-70)30-47(31-62)71-24-25-77-56(35-71)40(5)72-34-42(32-65-72)12-15-46-26-53(67-68-60(46)63)49-8-6-7-9-54(49)74/h6-9,16-19,26,29,32,34,36-38,40-41,44,47-48,50-51,56-57,73-74H,10-11,13-14,20-25,27-28,30-31,33,35H2,1-5H3,(H2,63,68)(H,66,76)/t38-,40-,41?,44?,48-,50?,51+,56-,57+/m0/s1. The van der Waals surface area contributed by atoms with Gasteiger partial charge in [0.05, 0.1) is 87.5 Å². The van der Waals surface area contributed by atoms with E-state index in [0.717, 1.165) is 78.3 Å². The van der Waals surface area contributed by atoms with Crippen LogP contribution in [-0.2, 0) is 14.3 Å². The number of nitrogens with zero attached hydrogens (tertiary/aromatic N) is 8. The number of ketones is 1. The number of nitrogens with two attached hydrogens (primary N) is 1. The van der Waals surface area contributed by atoms with Gasteiger partial charge in [0.25, 0.3) is 0 Å². The van der Waals surface area contributed by atoms with E-state index in [0.29, 0.717) is 52.5 Å². The number of likely N-dealkylation sites (tertiary alicyclic amines) is 1. The Kier molecular flexibility index (Phi) is 16.2. The Morgan fingerprint density at radius 2 is 1.71 bits per heavy atom. The summed E-state index contributed by atoms with van der Waals surface area (Å²) < 4.78 is 14.4. The van der Waals surface area contributed by atoms with Crippen LogP contribution >= 0.6 is 11.3 Å². The lowest BCUT2D eigenvalue weighted by Crippen LogP contribution is -2.59. The summed E-state index contributed by atoms with van der Waals surface area (Å²) in [6.45, 7) is 16.2. The maximum atomic E-state index is 14.5. The van der Waals surface area contributed by atoms with Crippen LogP contribution in [0.3, 0.4) is 0 Å². The molecule has 3 aliphatic carbocycles. The van der Waals surface area contributed by atoms with Crippen molar-refractivity contribution in [1.29, 1.82) is 0 Å². The van der Waals surface area contributed by atoms with Gasteiger partial charge in [0, 0.05) is 55.3 Å². The molecule has 1 spiro atoms. The minimum Gasteiger partial charge on any atom is -0.507 e. The highest BCUT2D eigenvalue weighted by Gasteiger charge is 2.49. The first-order valence-electron chi connectivity index (χ1n) is 28.7. The van der Waals surface area contributed by atoms with Crippen LogP contribution in [0.2, 0.25) is 0 Å². The van der Waals surface area contributed by atoms with E-state index < -0.39 is 23.9 Å². The average Bonchev–Trinajstić information content (AvgIpc) is 4.36. The van der Waals surface area contributed by atoms with E-state index in [-0.39, 0.29) is 60.2 Å². The molecule has 3 saturated carbocycles. The molecule has 6 aromatic rings. The number of aromatic hydroxyl groups is 1. The molecular formula is C62H76N10O6S. The van der Waals surface area contributed by atoms with E-state index in [2.05, 4.69) is 71.5 Å². The van der Waals surface area contributed by atoms with Gasteiger partial charge in [-0.05, 0) is 145 Å². The fourth-order valence-electron chi connectivity index (χ4n) is 13.6. The maximum absolute atomic E-state index is 14.5. The third kappa shape index (κ3) is 12.0. The van der Waals surface area contributed by atoms with Crippen LogP contribution in [-0.4, -0.2) is 119 Å². The van der Waals surface area contributed by atoms with E-state index in [1.165, 1.54) is 38.8 Å². The van der Waals surface area contributed by atoms with Gasteiger partial charge in [-0.1, -0.05) is 67.2 Å². The van der Waals surface area contributed by atoms with Crippen LogP contribution in [0.4, 0.5) is 5.82 Å². The largest absolute Gasteiger partial charge is 0.507 e. The fourth-order valence-corrected chi connectivity index (χ4v) is 14.4. The highest BCUT2D eigenvalue weighted by atomic mass is 32.1. The number of phenols is 1. The number of Topliss-reactive ketones (excluding diaryl/α,β-unsaturated/α-hetero) is 1. The number of aryl methyl sites for hydroxylation is 1. The first kappa shape index (κ1) is 54.7. The molecule has 416 valence electrons. The number of hydrogen-bond acceptors (Lipinski definition) is 15. The molecule has 11 rings (SSSR count). The predicted octanol–water partition coefficient (Wildman–Crippen LogP) is 9.50. The fraction of sp³-hybridized carbons (Fsp3) is 0.532. The number of aromatic nitrogens is 6. The second kappa shape index (κ2) is 23.4. The summed E-state index contributed by atoms with van der Waals surface area (Å²) in [5.74, 6) is 6.11.